The zero-order valence-corrected chi connectivity index (χ0v) is 66.4. The van der Waals surface area contributed by atoms with Gasteiger partial charge >= 0.3 is 11.9 Å². The summed E-state index contributed by atoms with van der Waals surface area (Å²) in [5.74, 6) is -18.7. The van der Waals surface area contributed by atoms with Crippen molar-refractivity contribution in [3.63, 3.8) is 0 Å². The molecule has 15 atom stereocenters. The topological polar surface area (TPSA) is 689 Å². The summed E-state index contributed by atoms with van der Waals surface area (Å²) >= 11 is 0. The van der Waals surface area contributed by atoms with Gasteiger partial charge in [0, 0.05) is 12.8 Å². The molecular weight excluding hydrogens is 1500 g/mol. The highest BCUT2D eigenvalue weighted by Gasteiger charge is 2.39. The van der Waals surface area contributed by atoms with Crippen LogP contribution in [0.25, 0.3) is 0 Å². The van der Waals surface area contributed by atoms with Crippen LogP contribution in [0.15, 0.2) is 54.6 Å². The van der Waals surface area contributed by atoms with E-state index in [0.717, 1.165) is 5.56 Å². The van der Waals surface area contributed by atoms with E-state index in [9.17, 15) is 91.7 Å². The van der Waals surface area contributed by atoms with Crippen LogP contribution in [0.1, 0.15) is 168 Å². The van der Waals surface area contributed by atoms with Crippen molar-refractivity contribution in [3.8, 4) is 5.75 Å². The number of rotatable bonds is 58. The number of hydrogen-bond donors (Lipinski definition) is 23. The van der Waals surface area contributed by atoms with Gasteiger partial charge in [-0.05, 0) is 165 Å². The minimum atomic E-state index is -1.83. The van der Waals surface area contributed by atoms with Crippen molar-refractivity contribution in [2.24, 2.45) is 52.0 Å². The van der Waals surface area contributed by atoms with Crippen molar-refractivity contribution in [2.75, 3.05) is 32.7 Å². The molecule has 0 aliphatic carbocycles. The lowest BCUT2D eigenvalue weighted by Gasteiger charge is -2.31. The van der Waals surface area contributed by atoms with Gasteiger partial charge in [0.05, 0.1) is 25.4 Å². The monoisotopic (exact) mass is 1620 g/mol. The van der Waals surface area contributed by atoms with Crippen LogP contribution in [0.2, 0.25) is 0 Å². The summed E-state index contributed by atoms with van der Waals surface area (Å²) in [6.07, 6.45) is 0.167. The molecule has 0 aromatic heterocycles. The number of phenolic OH excluding ortho intramolecular Hbond substituents is 1. The highest BCUT2D eigenvalue weighted by molar-refractivity contribution is 6.01. The van der Waals surface area contributed by atoms with Gasteiger partial charge in [0.2, 0.25) is 88.6 Å². The molecule has 0 heterocycles. The van der Waals surface area contributed by atoms with Crippen LogP contribution in [0, 0.1) is 11.8 Å². The van der Waals surface area contributed by atoms with E-state index in [4.69, 9.17) is 45.2 Å². The average molecular weight is 1620 g/mol. The molecule has 642 valence electrons. The highest BCUT2D eigenvalue weighted by atomic mass is 16.4. The first kappa shape index (κ1) is 100. The first-order chi connectivity index (χ1) is 54.4. The quantitative estimate of drug-likeness (QED) is 0.0275. The maximum Gasteiger partial charge on any atom is 0.326 e. The number of hydrogen-bond acceptors (Lipinski definition) is 23. The minimum absolute atomic E-state index is 0.0360. The molecule has 0 radical (unpaired) electrons. The van der Waals surface area contributed by atoms with E-state index in [1.54, 1.807) is 58.0 Å². The summed E-state index contributed by atoms with van der Waals surface area (Å²) in [6.45, 7) is 9.12. The fourth-order valence-corrected chi connectivity index (χ4v) is 11.6. The van der Waals surface area contributed by atoms with Crippen molar-refractivity contribution in [2.45, 2.75) is 249 Å². The lowest BCUT2D eigenvalue weighted by Crippen LogP contribution is -2.62. The Morgan fingerprint density at radius 3 is 1.11 bits per heavy atom. The van der Waals surface area contributed by atoms with Crippen LogP contribution in [0.3, 0.4) is 0 Å². The van der Waals surface area contributed by atoms with Gasteiger partial charge in [-0.1, -0.05) is 83.0 Å². The van der Waals surface area contributed by atoms with Crippen LogP contribution in [-0.2, 0) is 94.3 Å². The van der Waals surface area contributed by atoms with Crippen molar-refractivity contribution in [1.29, 1.82) is 0 Å². The maximum atomic E-state index is 14.6. The lowest BCUT2D eigenvalue weighted by atomic mass is 9.94. The normalized spacial score (nSPS) is 15.0. The smallest absolute Gasteiger partial charge is 0.326 e. The summed E-state index contributed by atoms with van der Waals surface area (Å²) in [5, 5.41) is 61.1. The molecule has 2 aromatic rings. The van der Waals surface area contributed by atoms with Crippen LogP contribution in [0.4, 0.5) is 0 Å². The predicted molar refractivity (Wildman–Crippen MR) is 420 cm³/mol. The van der Waals surface area contributed by atoms with E-state index in [-0.39, 0.29) is 103 Å². The van der Waals surface area contributed by atoms with E-state index in [2.05, 4.69) is 69.1 Å². The Kier molecular flexibility index (Phi) is 46.9. The van der Waals surface area contributed by atoms with Gasteiger partial charge < -0.3 is 125 Å². The van der Waals surface area contributed by atoms with Gasteiger partial charge in [0.1, 0.15) is 78.3 Å². The summed E-state index contributed by atoms with van der Waals surface area (Å²) < 4.78 is 0. The molecule has 40 nitrogen and oxygen atoms in total. The Bertz CT molecular complexity index is 3540. The third kappa shape index (κ3) is 38.6. The van der Waals surface area contributed by atoms with Gasteiger partial charge in [-0.2, -0.15) is 0 Å². The van der Waals surface area contributed by atoms with Crippen LogP contribution in [0.5, 0.6) is 5.75 Å². The number of carbonyl (C=O) groups excluding carboxylic acids is 15. The molecule has 30 N–H and O–H groups in total. The number of aliphatic carboxylic acids is 2. The largest absolute Gasteiger partial charge is 0.508 e. The second-order valence-electron chi connectivity index (χ2n) is 28.4. The average Bonchev–Trinajstić information content (AvgIpc) is 0.732. The molecule has 115 heavy (non-hydrogen) atoms. The third-order valence-corrected chi connectivity index (χ3v) is 18.8. The van der Waals surface area contributed by atoms with E-state index >= 15 is 0 Å². The van der Waals surface area contributed by atoms with Gasteiger partial charge in [0.25, 0.3) is 0 Å². The number of carbonyl (C=O) groups is 17. The first-order valence-corrected chi connectivity index (χ1v) is 38.7. The first-order valence-electron chi connectivity index (χ1n) is 38.7. The van der Waals surface area contributed by atoms with Crippen LogP contribution in [-0.4, -0.2) is 227 Å². The molecule has 2 aromatic carbocycles. The van der Waals surface area contributed by atoms with E-state index < -0.39 is 223 Å². The molecule has 0 aliphatic rings. The molecule has 40 heteroatoms. The predicted octanol–water partition coefficient (Wildman–Crippen LogP) is -5.21. The standard InChI is InChI=1S/C75H122N20O20/c1-7-41(3)61(95-74(113)62(42(4)8-2)94-64(103)44(6)85-71(110)56(39-58(82)98)92-68(107)50(23-13-17-33-77)87-65(104)48(80)36-45-20-10-9-11-21-45)73(112)90-52(25-15-19-35-79)69(108)93-55(38-57(81)97)70(109)84-43(5)63(102)91-54(37-46-26-28-47(96)29-27-46)72(111)89-51(24-14-18-34-78)67(106)88-49(22-12-16-32-76)66(105)83-40-59(99)86-53(75(114)115)30-31-60(100)101/h9-11,20-21,26-29,41-44,48-56,61-62,96H,7-8,12-19,22-25,30-40,76-80H2,1-6H3,(H2,81,97)(H2,82,98)(H,83,105)(H,84,109)(H,85,110)(H,86,99)(H,87,104)(H,88,106)(H,89,111)(H,90,112)(H,91,102)(H,92,107)(H,93,108)(H,94,103)(H,95,113)(H,100,101)(H,114,115). The molecule has 0 fully saturated rings. The fourth-order valence-electron chi connectivity index (χ4n) is 11.6. The Hall–Kier alpha value is -11.0. The molecule has 0 bridgehead atoms. The lowest BCUT2D eigenvalue weighted by molar-refractivity contribution is -0.143. The fraction of sp³-hybridized carbons (Fsp3) is 0.613. The summed E-state index contributed by atoms with van der Waals surface area (Å²) in [4.78, 5) is 230. The number of aromatic hydroxyl groups is 1. The number of nitrogens with two attached hydrogens (primary N) is 7. The Morgan fingerprint density at radius 2 is 0.713 bits per heavy atom. The van der Waals surface area contributed by atoms with Crippen molar-refractivity contribution >= 4 is 101 Å². The molecule has 2 rings (SSSR count). The Labute approximate surface area is 668 Å². The second kappa shape index (κ2) is 53.9. The molecule has 15 unspecified atom stereocenters. The number of amides is 15. The van der Waals surface area contributed by atoms with Crippen molar-refractivity contribution in [3.05, 3.63) is 65.7 Å². The molecule has 15 amide bonds. The summed E-state index contributed by atoms with van der Waals surface area (Å²) in [6, 6.07) is -4.80. The van der Waals surface area contributed by atoms with E-state index in [1.807, 2.05) is 0 Å². The number of nitrogens with one attached hydrogen (secondary N) is 13. The zero-order chi connectivity index (χ0) is 86.4. The SMILES string of the molecule is CCC(C)C(NC(=O)C(C)NC(=O)C(CC(N)=O)NC(=O)C(CCCCN)NC(=O)C(N)Cc1ccccc1)C(=O)NC(C(=O)NC(CCCCN)C(=O)NC(CC(N)=O)C(=O)NC(C)C(=O)NC(Cc1ccc(O)cc1)C(=O)NC(CCCCN)C(=O)NC(CCCCN)C(=O)NCC(=O)NC(CCC(=O)O)C(=O)O)C(C)CC. The molecular formula is C75H122N20O20. The van der Waals surface area contributed by atoms with Crippen LogP contribution < -0.4 is 109 Å². The number of primary amides is 2. The number of carboxylic acid groups (broad SMARTS) is 2. The maximum absolute atomic E-state index is 14.6. The van der Waals surface area contributed by atoms with E-state index in [0.29, 0.717) is 37.7 Å². The summed E-state index contributed by atoms with van der Waals surface area (Å²) in [5.41, 5.74) is 41.4. The Morgan fingerprint density at radius 1 is 0.365 bits per heavy atom. The van der Waals surface area contributed by atoms with Crippen molar-refractivity contribution < 1.29 is 96.8 Å². The minimum Gasteiger partial charge on any atom is -0.508 e. The number of benzene rings is 2. The zero-order valence-electron chi connectivity index (χ0n) is 66.4. The van der Waals surface area contributed by atoms with Gasteiger partial charge in [0.15, 0.2) is 0 Å². The Balaban J connectivity index is 2.43. The second-order valence-corrected chi connectivity index (χ2v) is 28.4. The number of carboxylic acids is 2. The third-order valence-electron chi connectivity index (χ3n) is 18.8. The molecule has 0 saturated heterocycles. The van der Waals surface area contributed by atoms with Crippen LogP contribution >= 0.6 is 0 Å². The molecule has 0 saturated carbocycles. The number of phenols is 1. The molecule has 0 aliphatic heterocycles. The van der Waals surface area contributed by atoms with Gasteiger partial charge in [-0.25, -0.2) is 4.79 Å². The van der Waals surface area contributed by atoms with Gasteiger partial charge in [-0.3, -0.25) is 76.7 Å². The number of unbranched alkanes of at least 4 members (excludes halogenated alkanes) is 4. The van der Waals surface area contributed by atoms with Gasteiger partial charge in [-0.15, -0.1) is 0 Å². The van der Waals surface area contributed by atoms with Crippen molar-refractivity contribution in [1.82, 2.24) is 69.1 Å². The highest BCUT2D eigenvalue weighted by Crippen LogP contribution is 2.17. The summed E-state index contributed by atoms with van der Waals surface area (Å²) in [7, 11) is 0. The van der Waals surface area contributed by atoms with E-state index in [1.165, 1.54) is 38.1 Å². The molecule has 0 spiro atoms.